The van der Waals surface area contributed by atoms with Crippen molar-refractivity contribution in [2.45, 2.75) is 57.9 Å². The Hall–Kier alpha value is -3.03. The molecule has 1 aromatic carbocycles. The van der Waals surface area contributed by atoms with E-state index in [2.05, 4.69) is 22.3 Å². The third kappa shape index (κ3) is 9.45. The number of anilines is 1. The van der Waals surface area contributed by atoms with E-state index in [0.29, 0.717) is 18.0 Å². The summed E-state index contributed by atoms with van der Waals surface area (Å²) in [6.45, 7) is 4.17. The first-order valence-corrected chi connectivity index (χ1v) is 10.1. The standard InChI is InChI=1S/C22H32N2O6/c1-4-5-6-7-8-9-16-30-18-12-10-17(11-13-18)23-20(26)22(2,24-21(27)28)15-14-19(25)29-3/h10-15,24H,4-9,16H2,1-3H3,(H,23,26)(H,27,28)/b15-14+/t22-/m0/s1. The highest BCUT2D eigenvalue weighted by Crippen LogP contribution is 2.18. The molecule has 0 saturated heterocycles. The number of unbranched alkanes of at least 4 members (excludes halogenated alkanes) is 5. The third-order valence-corrected chi connectivity index (χ3v) is 4.47. The Morgan fingerprint density at radius 3 is 2.30 bits per heavy atom. The number of carbonyl (C=O) groups is 3. The number of hydrogen-bond acceptors (Lipinski definition) is 5. The van der Waals surface area contributed by atoms with E-state index < -0.39 is 23.5 Å². The van der Waals surface area contributed by atoms with E-state index in [9.17, 15) is 14.4 Å². The average Bonchev–Trinajstić information content (AvgIpc) is 2.72. The zero-order chi connectivity index (χ0) is 22.4. The fourth-order valence-corrected chi connectivity index (χ4v) is 2.67. The van der Waals surface area contributed by atoms with Crippen molar-refractivity contribution in [2.24, 2.45) is 0 Å². The summed E-state index contributed by atoms with van der Waals surface area (Å²) in [6, 6.07) is 6.80. The second kappa shape index (κ2) is 13.2. The van der Waals surface area contributed by atoms with Crippen LogP contribution in [-0.2, 0) is 14.3 Å². The smallest absolute Gasteiger partial charge is 0.405 e. The molecule has 0 aliphatic rings. The van der Waals surface area contributed by atoms with Crippen LogP contribution in [-0.4, -0.2) is 42.3 Å². The zero-order valence-electron chi connectivity index (χ0n) is 17.9. The van der Waals surface area contributed by atoms with Crippen LogP contribution in [0.4, 0.5) is 10.5 Å². The van der Waals surface area contributed by atoms with Crippen LogP contribution in [0.3, 0.4) is 0 Å². The number of nitrogens with one attached hydrogen (secondary N) is 2. The monoisotopic (exact) mass is 420 g/mol. The second-order valence-corrected chi connectivity index (χ2v) is 7.08. The van der Waals surface area contributed by atoms with Gasteiger partial charge < -0.3 is 25.2 Å². The molecule has 0 fully saturated rings. The van der Waals surface area contributed by atoms with Crippen molar-refractivity contribution >= 4 is 23.7 Å². The molecule has 0 heterocycles. The second-order valence-electron chi connectivity index (χ2n) is 7.08. The first kappa shape index (κ1) is 25.0. The van der Waals surface area contributed by atoms with Gasteiger partial charge in [0, 0.05) is 11.8 Å². The Morgan fingerprint density at radius 2 is 1.70 bits per heavy atom. The zero-order valence-corrected chi connectivity index (χ0v) is 17.9. The van der Waals surface area contributed by atoms with Crippen molar-refractivity contribution < 1.29 is 29.0 Å². The molecule has 0 radical (unpaired) electrons. The molecule has 30 heavy (non-hydrogen) atoms. The van der Waals surface area contributed by atoms with Gasteiger partial charge in [-0.3, -0.25) is 4.79 Å². The number of benzene rings is 1. The van der Waals surface area contributed by atoms with Crippen LogP contribution in [0.5, 0.6) is 5.75 Å². The number of carboxylic acid groups (broad SMARTS) is 1. The molecule has 0 unspecified atom stereocenters. The molecular formula is C22H32N2O6. The first-order chi connectivity index (χ1) is 14.3. The van der Waals surface area contributed by atoms with Crippen molar-refractivity contribution in [3.05, 3.63) is 36.4 Å². The van der Waals surface area contributed by atoms with Crippen LogP contribution in [0.25, 0.3) is 0 Å². The molecular weight excluding hydrogens is 388 g/mol. The van der Waals surface area contributed by atoms with E-state index >= 15 is 0 Å². The molecule has 1 rings (SSSR count). The molecule has 166 valence electrons. The number of hydrogen-bond donors (Lipinski definition) is 3. The molecule has 3 N–H and O–H groups in total. The number of carbonyl (C=O) groups excluding carboxylic acids is 2. The average molecular weight is 421 g/mol. The molecule has 0 spiro atoms. The minimum absolute atomic E-state index is 0.469. The van der Waals surface area contributed by atoms with E-state index in [1.54, 1.807) is 24.3 Å². The Morgan fingerprint density at radius 1 is 1.07 bits per heavy atom. The predicted molar refractivity (Wildman–Crippen MR) is 115 cm³/mol. The number of esters is 1. The molecule has 0 aromatic heterocycles. The number of amides is 2. The van der Waals surface area contributed by atoms with Crippen molar-refractivity contribution in [1.82, 2.24) is 5.32 Å². The molecule has 8 heteroatoms. The van der Waals surface area contributed by atoms with Gasteiger partial charge in [-0.2, -0.15) is 0 Å². The molecule has 8 nitrogen and oxygen atoms in total. The van der Waals surface area contributed by atoms with Gasteiger partial charge in [0.15, 0.2) is 0 Å². The van der Waals surface area contributed by atoms with Crippen LogP contribution in [0, 0.1) is 0 Å². The van der Waals surface area contributed by atoms with Gasteiger partial charge in [-0.25, -0.2) is 9.59 Å². The van der Waals surface area contributed by atoms with Gasteiger partial charge >= 0.3 is 12.1 Å². The molecule has 2 amide bonds. The van der Waals surface area contributed by atoms with Crippen LogP contribution >= 0.6 is 0 Å². The predicted octanol–water partition coefficient (Wildman–Crippen LogP) is 4.12. The summed E-state index contributed by atoms with van der Waals surface area (Å²) in [5, 5.41) is 13.8. The number of methoxy groups -OCH3 is 1. The summed E-state index contributed by atoms with van der Waals surface area (Å²) < 4.78 is 10.2. The van der Waals surface area contributed by atoms with Gasteiger partial charge in [-0.1, -0.05) is 39.0 Å². The summed E-state index contributed by atoms with van der Waals surface area (Å²) in [4.78, 5) is 35.0. The minimum atomic E-state index is -1.66. The van der Waals surface area contributed by atoms with Gasteiger partial charge in [0.2, 0.25) is 0 Å². The molecule has 1 atom stereocenters. The van der Waals surface area contributed by atoms with Gasteiger partial charge in [-0.15, -0.1) is 0 Å². The third-order valence-electron chi connectivity index (χ3n) is 4.47. The molecule has 0 aliphatic carbocycles. The topological polar surface area (TPSA) is 114 Å². The summed E-state index contributed by atoms with van der Waals surface area (Å²) in [5.74, 6) is -0.655. The summed E-state index contributed by atoms with van der Waals surface area (Å²) in [6.07, 6.45) is 7.84. The SMILES string of the molecule is CCCCCCCCOc1ccc(NC(=O)[C@](C)(/C=C/C(=O)OC)NC(=O)O)cc1. The summed E-state index contributed by atoms with van der Waals surface area (Å²) in [7, 11) is 1.19. The maximum absolute atomic E-state index is 12.6. The van der Waals surface area contributed by atoms with Crippen LogP contribution in [0.1, 0.15) is 52.4 Å². The molecule has 0 aliphatic heterocycles. The van der Waals surface area contributed by atoms with Gasteiger partial charge in [0.1, 0.15) is 11.3 Å². The van der Waals surface area contributed by atoms with Crippen LogP contribution in [0.15, 0.2) is 36.4 Å². The highest BCUT2D eigenvalue weighted by Gasteiger charge is 2.32. The fraction of sp³-hybridized carbons (Fsp3) is 0.500. The van der Waals surface area contributed by atoms with Crippen molar-refractivity contribution in [1.29, 1.82) is 0 Å². The molecule has 1 aromatic rings. The maximum atomic E-state index is 12.6. The van der Waals surface area contributed by atoms with E-state index in [1.807, 2.05) is 0 Å². The fourth-order valence-electron chi connectivity index (χ4n) is 2.67. The Kier molecular flexibility index (Phi) is 11.0. The van der Waals surface area contributed by atoms with Crippen molar-refractivity contribution in [3.8, 4) is 5.75 Å². The van der Waals surface area contributed by atoms with E-state index in [0.717, 1.165) is 25.0 Å². The molecule has 0 bridgehead atoms. The number of ether oxygens (including phenoxy) is 2. The normalized spacial score (nSPS) is 12.8. The Bertz CT molecular complexity index is 717. The van der Waals surface area contributed by atoms with Crippen molar-refractivity contribution in [3.63, 3.8) is 0 Å². The maximum Gasteiger partial charge on any atom is 0.405 e. The lowest BCUT2D eigenvalue weighted by Crippen LogP contribution is -2.53. The van der Waals surface area contributed by atoms with Gasteiger partial charge in [0.05, 0.1) is 13.7 Å². The highest BCUT2D eigenvalue weighted by molar-refractivity contribution is 6.01. The lowest BCUT2D eigenvalue weighted by molar-refractivity contribution is -0.134. The number of rotatable bonds is 13. The minimum Gasteiger partial charge on any atom is -0.494 e. The van der Waals surface area contributed by atoms with E-state index in [-0.39, 0.29) is 0 Å². The first-order valence-electron chi connectivity index (χ1n) is 10.1. The van der Waals surface area contributed by atoms with Gasteiger partial charge in [0.25, 0.3) is 5.91 Å². The molecule has 0 saturated carbocycles. The highest BCUT2D eigenvalue weighted by atomic mass is 16.5. The lowest BCUT2D eigenvalue weighted by atomic mass is 10.0. The van der Waals surface area contributed by atoms with Crippen molar-refractivity contribution in [2.75, 3.05) is 19.0 Å². The largest absolute Gasteiger partial charge is 0.494 e. The summed E-state index contributed by atoms with van der Waals surface area (Å²) >= 11 is 0. The van der Waals surface area contributed by atoms with E-state index in [4.69, 9.17) is 9.84 Å². The summed E-state index contributed by atoms with van der Waals surface area (Å²) in [5.41, 5.74) is -1.19. The lowest BCUT2D eigenvalue weighted by Gasteiger charge is -2.24. The Balaban J connectivity index is 2.61. The Labute approximate surface area is 177 Å². The van der Waals surface area contributed by atoms with E-state index in [1.165, 1.54) is 39.7 Å². The quantitative estimate of drug-likeness (QED) is 0.251. The van der Waals surface area contributed by atoms with Gasteiger partial charge in [-0.05, 0) is 43.7 Å². The van der Waals surface area contributed by atoms with Crippen LogP contribution in [0.2, 0.25) is 0 Å². The van der Waals surface area contributed by atoms with Crippen LogP contribution < -0.4 is 15.4 Å².